The lowest BCUT2D eigenvalue weighted by Crippen LogP contribution is -2.42. The Labute approximate surface area is 165 Å². The van der Waals surface area contributed by atoms with E-state index in [1.807, 2.05) is 65.7 Å². The molecule has 0 aromatic carbocycles. The van der Waals surface area contributed by atoms with Crippen LogP contribution in [-0.4, -0.2) is 48.2 Å². The molecule has 0 radical (unpaired) electrons. The lowest BCUT2D eigenvalue weighted by atomic mass is 9.95. The second-order valence-corrected chi connectivity index (χ2v) is 7.50. The first kappa shape index (κ1) is 18.4. The number of hydrogen-bond donors (Lipinski definition) is 0. The van der Waals surface area contributed by atoms with Crippen LogP contribution in [0.5, 0.6) is 0 Å². The molecule has 146 valence electrons. The van der Waals surface area contributed by atoms with E-state index in [-0.39, 0.29) is 11.8 Å². The van der Waals surface area contributed by atoms with Crippen molar-refractivity contribution >= 4 is 5.91 Å². The molecule has 4 rings (SSSR count). The number of nitrogens with zero attached hydrogens (tertiary/aromatic N) is 6. The number of aromatic nitrogens is 5. The molecule has 3 aromatic heterocycles. The van der Waals surface area contributed by atoms with Crippen molar-refractivity contribution in [3.8, 4) is 0 Å². The molecule has 4 heterocycles. The van der Waals surface area contributed by atoms with Gasteiger partial charge in [0.15, 0.2) is 0 Å². The number of carbonyl (C=O) groups is 1. The van der Waals surface area contributed by atoms with Crippen LogP contribution in [-0.2, 0) is 17.9 Å². The summed E-state index contributed by atoms with van der Waals surface area (Å²) < 4.78 is 4.04. The van der Waals surface area contributed by atoms with Crippen LogP contribution in [0.2, 0.25) is 0 Å². The SMILES string of the molecule is C[C@H](Cn1cccn1)C(=O)N1CCC(c2nccn2Cc2ccncc2)CC1. The van der Waals surface area contributed by atoms with E-state index in [0.29, 0.717) is 12.5 Å². The minimum atomic E-state index is -0.0647. The van der Waals surface area contributed by atoms with E-state index in [9.17, 15) is 4.79 Å². The Morgan fingerprint density at radius 1 is 1.14 bits per heavy atom. The van der Waals surface area contributed by atoms with Crippen molar-refractivity contribution in [2.45, 2.75) is 38.8 Å². The Morgan fingerprint density at radius 2 is 1.93 bits per heavy atom. The Hall–Kier alpha value is -2.96. The van der Waals surface area contributed by atoms with Gasteiger partial charge in [0.25, 0.3) is 0 Å². The van der Waals surface area contributed by atoms with E-state index >= 15 is 0 Å². The molecule has 7 heteroatoms. The molecular weight excluding hydrogens is 352 g/mol. The number of likely N-dealkylation sites (tertiary alicyclic amines) is 1. The third-order valence-corrected chi connectivity index (χ3v) is 5.46. The molecule has 1 aliphatic heterocycles. The molecule has 0 saturated carbocycles. The first-order valence-corrected chi connectivity index (χ1v) is 9.87. The molecule has 0 spiro atoms. The molecule has 28 heavy (non-hydrogen) atoms. The molecule has 3 aromatic rings. The zero-order valence-electron chi connectivity index (χ0n) is 16.2. The van der Waals surface area contributed by atoms with Crippen LogP contribution >= 0.6 is 0 Å². The van der Waals surface area contributed by atoms with Crippen molar-refractivity contribution in [1.82, 2.24) is 29.2 Å². The summed E-state index contributed by atoms with van der Waals surface area (Å²) in [6.07, 6.45) is 13.1. The molecule has 1 saturated heterocycles. The van der Waals surface area contributed by atoms with Gasteiger partial charge in [-0.05, 0) is 36.6 Å². The van der Waals surface area contributed by atoms with Gasteiger partial charge in [-0.25, -0.2) is 4.98 Å². The van der Waals surface area contributed by atoms with Crippen LogP contribution in [0.1, 0.15) is 37.1 Å². The van der Waals surface area contributed by atoms with E-state index in [0.717, 1.165) is 38.3 Å². The fraction of sp³-hybridized carbons (Fsp3) is 0.429. The zero-order chi connectivity index (χ0) is 19.3. The summed E-state index contributed by atoms with van der Waals surface area (Å²) in [4.78, 5) is 23.5. The van der Waals surface area contributed by atoms with Gasteiger partial charge in [0, 0.05) is 62.7 Å². The van der Waals surface area contributed by atoms with Crippen LogP contribution in [0, 0.1) is 5.92 Å². The van der Waals surface area contributed by atoms with Crippen molar-refractivity contribution < 1.29 is 4.79 Å². The fourth-order valence-electron chi connectivity index (χ4n) is 3.94. The van der Waals surface area contributed by atoms with E-state index < -0.39 is 0 Å². The second-order valence-electron chi connectivity index (χ2n) is 7.50. The smallest absolute Gasteiger partial charge is 0.227 e. The highest BCUT2D eigenvalue weighted by atomic mass is 16.2. The van der Waals surface area contributed by atoms with Crippen molar-refractivity contribution in [3.63, 3.8) is 0 Å². The third-order valence-electron chi connectivity index (χ3n) is 5.46. The van der Waals surface area contributed by atoms with Crippen molar-refractivity contribution in [1.29, 1.82) is 0 Å². The first-order chi connectivity index (χ1) is 13.7. The number of hydrogen-bond acceptors (Lipinski definition) is 4. The largest absolute Gasteiger partial charge is 0.342 e. The highest BCUT2D eigenvalue weighted by Gasteiger charge is 2.28. The van der Waals surface area contributed by atoms with Gasteiger partial charge < -0.3 is 9.47 Å². The zero-order valence-corrected chi connectivity index (χ0v) is 16.2. The highest BCUT2D eigenvalue weighted by molar-refractivity contribution is 5.78. The molecule has 0 bridgehead atoms. The summed E-state index contributed by atoms with van der Waals surface area (Å²) in [6.45, 7) is 4.99. The van der Waals surface area contributed by atoms with Crippen LogP contribution in [0.15, 0.2) is 55.4 Å². The monoisotopic (exact) mass is 378 g/mol. The molecule has 1 amide bonds. The topological polar surface area (TPSA) is 68.8 Å². The Balaban J connectivity index is 1.34. The lowest BCUT2D eigenvalue weighted by molar-refractivity contribution is -0.136. The molecule has 0 aliphatic carbocycles. The fourth-order valence-corrected chi connectivity index (χ4v) is 3.94. The number of pyridine rings is 1. The molecule has 7 nitrogen and oxygen atoms in total. The van der Waals surface area contributed by atoms with Gasteiger partial charge >= 0.3 is 0 Å². The quantitative estimate of drug-likeness (QED) is 0.661. The predicted octanol–water partition coefficient (Wildman–Crippen LogP) is 2.57. The normalized spacial score (nSPS) is 16.2. The summed E-state index contributed by atoms with van der Waals surface area (Å²) in [6, 6.07) is 5.95. The van der Waals surface area contributed by atoms with Gasteiger partial charge in [-0.3, -0.25) is 14.5 Å². The highest BCUT2D eigenvalue weighted by Crippen LogP contribution is 2.28. The Morgan fingerprint density at radius 3 is 2.64 bits per heavy atom. The summed E-state index contributed by atoms with van der Waals surface area (Å²) >= 11 is 0. The average Bonchev–Trinajstić information content (AvgIpc) is 3.40. The maximum Gasteiger partial charge on any atom is 0.227 e. The molecule has 0 unspecified atom stereocenters. The first-order valence-electron chi connectivity index (χ1n) is 9.87. The third kappa shape index (κ3) is 4.13. The Kier molecular flexibility index (Phi) is 5.50. The Bertz CT molecular complexity index is 881. The molecule has 1 atom stereocenters. The number of piperidine rings is 1. The maximum atomic E-state index is 12.8. The molecule has 0 N–H and O–H groups in total. The van der Waals surface area contributed by atoms with Gasteiger partial charge in [-0.15, -0.1) is 0 Å². The molecule has 1 fully saturated rings. The summed E-state index contributed by atoms with van der Waals surface area (Å²) in [5, 5.41) is 4.20. The second kappa shape index (κ2) is 8.37. The van der Waals surface area contributed by atoms with Gasteiger partial charge in [-0.1, -0.05) is 6.92 Å². The van der Waals surface area contributed by atoms with E-state index in [1.165, 1.54) is 5.56 Å². The van der Waals surface area contributed by atoms with Gasteiger partial charge in [-0.2, -0.15) is 5.10 Å². The van der Waals surface area contributed by atoms with Crippen molar-refractivity contribution in [2.24, 2.45) is 5.92 Å². The van der Waals surface area contributed by atoms with Gasteiger partial charge in [0.1, 0.15) is 5.82 Å². The number of amides is 1. The van der Waals surface area contributed by atoms with Crippen LogP contribution in [0.4, 0.5) is 0 Å². The van der Waals surface area contributed by atoms with Gasteiger partial charge in [0.05, 0.1) is 12.5 Å². The van der Waals surface area contributed by atoms with Crippen LogP contribution in [0.25, 0.3) is 0 Å². The van der Waals surface area contributed by atoms with Crippen molar-refractivity contribution in [3.05, 3.63) is 66.8 Å². The van der Waals surface area contributed by atoms with E-state index in [4.69, 9.17) is 0 Å². The van der Waals surface area contributed by atoms with E-state index in [2.05, 4.69) is 19.6 Å². The number of rotatable bonds is 6. The minimum absolute atomic E-state index is 0.0647. The summed E-state index contributed by atoms with van der Waals surface area (Å²) in [5.41, 5.74) is 1.22. The minimum Gasteiger partial charge on any atom is -0.342 e. The number of carbonyl (C=O) groups excluding carboxylic acids is 1. The van der Waals surface area contributed by atoms with Crippen LogP contribution in [0.3, 0.4) is 0 Å². The van der Waals surface area contributed by atoms with Crippen LogP contribution < -0.4 is 0 Å². The summed E-state index contributed by atoms with van der Waals surface area (Å²) in [7, 11) is 0. The summed E-state index contributed by atoms with van der Waals surface area (Å²) in [5.74, 6) is 1.66. The lowest BCUT2D eigenvalue weighted by Gasteiger charge is -2.33. The average molecular weight is 378 g/mol. The standard InChI is InChI=1S/C21H26N6O/c1-17(15-27-11-2-7-24-27)21(28)25-12-5-19(6-13-25)20-23-10-14-26(20)16-18-3-8-22-9-4-18/h2-4,7-11,14,17,19H,5-6,12-13,15-16H2,1H3/t17-/m1/s1. The predicted molar refractivity (Wildman–Crippen MR) is 106 cm³/mol. The molecule has 1 aliphatic rings. The van der Waals surface area contributed by atoms with Crippen molar-refractivity contribution in [2.75, 3.05) is 13.1 Å². The number of imidazole rings is 1. The van der Waals surface area contributed by atoms with E-state index in [1.54, 1.807) is 6.20 Å². The molecular formula is C21H26N6O. The van der Waals surface area contributed by atoms with Gasteiger partial charge in [0.2, 0.25) is 5.91 Å². The maximum absolute atomic E-state index is 12.8.